The second-order valence-electron chi connectivity index (χ2n) is 12.6. The van der Waals surface area contributed by atoms with Gasteiger partial charge in [-0.2, -0.15) is 0 Å². The Balaban J connectivity index is 2.01. The summed E-state index contributed by atoms with van der Waals surface area (Å²) in [6.07, 6.45) is 0.922. The van der Waals surface area contributed by atoms with Gasteiger partial charge in [0.15, 0.2) is 5.12 Å². The van der Waals surface area contributed by atoms with Crippen LogP contribution < -0.4 is 15.1 Å². The molecule has 3 aromatic carbocycles. The number of benzene rings is 3. The number of methoxy groups -OCH3 is 1. The van der Waals surface area contributed by atoms with Crippen LogP contribution in [0, 0.1) is 0 Å². The van der Waals surface area contributed by atoms with Gasteiger partial charge in [0.2, 0.25) is 0 Å². The zero-order valence-corrected chi connectivity index (χ0v) is 27.9. The van der Waals surface area contributed by atoms with Crippen molar-refractivity contribution in [2.75, 3.05) is 7.11 Å². The van der Waals surface area contributed by atoms with E-state index in [0.717, 1.165) is 28.0 Å². The first-order valence-corrected chi connectivity index (χ1v) is 17.3. The van der Waals surface area contributed by atoms with E-state index in [1.165, 1.54) is 11.8 Å². The molecule has 3 aromatic rings. The van der Waals surface area contributed by atoms with Crippen LogP contribution in [-0.2, 0) is 25.4 Å². The molecule has 42 heavy (non-hydrogen) atoms. The number of carbonyl (C=O) groups excluding carboxylic acids is 2. The Bertz CT molecular complexity index is 1210. The van der Waals surface area contributed by atoms with Crippen molar-refractivity contribution in [3.05, 3.63) is 90.5 Å². The Morgan fingerprint density at radius 3 is 1.83 bits per heavy atom. The number of rotatable bonds is 14. The summed E-state index contributed by atoms with van der Waals surface area (Å²) in [5.74, 6) is 0.775. The Labute approximate surface area is 257 Å². The third-order valence-electron chi connectivity index (χ3n) is 7.10. The molecule has 3 rings (SSSR count). The third kappa shape index (κ3) is 9.40. The maximum Gasteiger partial charge on any atom is 0.261 e. The lowest BCUT2D eigenvalue weighted by molar-refractivity contribution is -0.113. The minimum Gasteiger partial charge on any atom is -0.497 e. The predicted octanol–water partition coefficient (Wildman–Crippen LogP) is 6.95. The summed E-state index contributed by atoms with van der Waals surface area (Å²) >= 11 is 1.34. The first-order valence-electron chi connectivity index (χ1n) is 14.6. The largest absolute Gasteiger partial charge is 0.497 e. The average molecular weight is 607 g/mol. The Kier molecular flexibility index (Phi) is 12.2. The van der Waals surface area contributed by atoms with Gasteiger partial charge in [-0.25, -0.2) is 0 Å². The van der Waals surface area contributed by atoms with Crippen molar-refractivity contribution in [2.45, 2.75) is 89.4 Å². The molecule has 0 N–H and O–H groups in total. The van der Waals surface area contributed by atoms with Gasteiger partial charge in [-0.15, -0.1) is 0 Å². The SMILES string of the molecule is COc1ccc(CO[C@@H](CC=O)C[C@H](CC(=O)SC(C)(C)C)O[Si](c2ccccc2)(c2ccccc2)C(C)(C)C)cc1. The first-order chi connectivity index (χ1) is 19.9. The minimum atomic E-state index is -2.94. The van der Waals surface area contributed by atoms with E-state index in [9.17, 15) is 9.59 Å². The van der Waals surface area contributed by atoms with Crippen LogP contribution >= 0.6 is 11.8 Å². The molecule has 0 saturated carbocycles. The van der Waals surface area contributed by atoms with E-state index >= 15 is 0 Å². The number of thioether (sulfide) groups is 1. The van der Waals surface area contributed by atoms with E-state index in [1.807, 2.05) is 57.2 Å². The van der Waals surface area contributed by atoms with E-state index in [4.69, 9.17) is 13.9 Å². The number of hydrogen-bond acceptors (Lipinski definition) is 6. The lowest BCUT2D eigenvalue weighted by atomic mass is 10.1. The smallest absolute Gasteiger partial charge is 0.261 e. The zero-order chi connectivity index (χ0) is 30.8. The molecular weight excluding hydrogens is 561 g/mol. The molecule has 2 atom stereocenters. The highest BCUT2D eigenvalue weighted by atomic mass is 32.2. The molecule has 0 radical (unpaired) electrons. The fraction of sp³-hybridized carbons (Fsp3) is 0.429. The van der Waals surface area contributed by atoms with E-state index < -0.39 is 20.5 Å². The Morgan fingerprint density at radius 1 is 0.833 bits per heavy atom. The van der Waals surface area contributed by atoms with Gasteiger partial charge in [0.1, 0.15) is 12.0 Å². The van der Waals surface area contributed by atoms with Gasteiger partial charge in [-0.05, 0) is 39.5 Å². The molecule has 0 aliphatic heterocycles. The summed E-state index contributed by atoms with van der Waals surface area (Å²) in [5, 5.41) is 2.12. The predicted molar refractivity (Wildman–Crippen MR) is 176 cm³/mol. The molecule has 0 amide bonds. The number of ether oxygens (including phenoxy) is 2. The summed E-state index contributed by atoms with van der Waals surface area (Å²) in [5.41, 5.74) is 0.982. The second kappa shape index (κ2) is 15.1. The first kappa shape index (κ1) is 33.8. The van der Waals surface area contributed by atoms with Gasteiger partial charge < -0.3 is 18.7 Å². The molecule has 0 heterocycles. The molecule has 0 bridgehead atoms. The molecule has 0 aliphatic carbocycles. The highest BCUT2D eigenvalue weighted by Gasteiger charge is 2.51. The molecule has 226 valence electrons. The van der Waals surface area contributed by atoms with Crippen LogP contribution in [0.4, 0.5) is 0 Å². The highest BCUT2D eigenvalue weighted by Crippen LogP contribution is 2.39. The van der Waals surface area contributed by atoms with Crippen molar-refractivity contribution in [1.29, 1.82) is 0 Å². The average Bonchev–Trinajstić information content (AvgIpc) is 2.94. The van der Waals surface area contributed by atoms with Gasteiger partial charge >= 0.3 is 0 Å². The van der Waals surface area contributed by atoms with Gasteiger partial charge in [0.25, 0.3) is 8.32 Å². The second-order valence-corrected chi connectivity index (χ2v) is 18.7. The highest BCUT2D eigenvalue weighted by molar-refractivity contribution is 8.14. The van der Waals surface area contributed by atoms with E-state index in [0.29, 0.717) is 13.0 Å². The van der Waals surface area contributed by atoms with Crippen LogP contribution in [-0.4, -0.2) is 43.8 Å². The molecule has 7 heteroatoms. The van der Waals surface area contributed by atoms with Crippen molar-refractivity contribution in [2.24, 2.45) is 0 Å². The van der Waals surface area contributed by atoms with Crippen LogP contribution in [0.1, 0.15) is 66.4 Å². The zero-order valence-electron chi connectivity index (χ0n) is 26.1. The van der Waals surface area contributed by atoms with Crippen LogP contribution in [0.2, 0.25) is 5.04 Å². The number of hydrogen-bond donors (Lipinski definition) is 0. The molecule has 0 unspecified atom stereocenters. The van der Waals surface area contributed by atoms with Gasteiger partial charge in [-0.3, -0.25) is 4.79 Å². The van der Waals surface area contributed by atoms with E-state index in [1.54, 1.807) is 7.11 Å². The lowest BCUT2D eigenvalue weighted by Gasteiger charge is -2.45. The van der Waals surface area contributed by atoms with Gasteiger partial charge in [0, 0.05) is 17.6 Å². The maximum absolute atomic E-state index is 13.4. The van der Waals surface area contributed by atoms with Crippen molar-refractivity contribution in [3.63, 3.8) is 0 Å². The number of aldehydes is 1. The van der Waals surface area contributed by atoms with Crippen molar-refractivity contribution in [3.8, 4) is 5.75 Å². The van der Waals surface area contributed by atoms with E-state index in [-0.39, 0.29) is 27.7 Å². The third-order valence-corrected chi connectivity index (χ3v) is 13.2. The van der Waals surface area contributed by atoms with Crippen LogP contribution in [0.25, 0.3) is 0 Å². The summed E-state index contributed by atoms with van der Waals surface area (Å²) in [7, 11) is -1.31. The summed E-state index contributed by atoms with van der Waals surface area (Å²) < 4.78 is 18.8. The summed E-state index contributed by atoms with van der Waals surface area (Å²) in [4.78, 5) is 25.2. The maximum atomic E-state index is 13.4. The van der Waals surface area contributed by atoms with Crippen molar-refractivity contribution >= 4 is 41.9 Å². The molecular formula is C35H46O5SSi. The van der Waals surface area contributed by atoms with Crippen molar-refractivity contribution < 1.29 is 23.5 Å². The Morgan fingerprint density at radius 2 is 1.38 bits per heavy atom. The monoisotopic (exact) mass is 606 g/mol. The summed E-state index contributed by atoms with van der Waals surface area (Å²) in [6.45, 7) is 13.2. The minimum absolute atomic E-state index is 0.0745. The molecule has 5 nitrogen and oxygen atoms in total. The fourth-order valence-electron chi connectivity index (χ4n) is 5.25. The molecule has 0 saturated heterocycles. The molecule has 0 fully saturated rings. The fourth-order valence-corrected chi connectivity index (χ4v) is 10.9. The molecule has 0 aliphatic rings. The van der Waals surface area contributed by atoms with Gasteiger partial charge in [0.05, 0.1) is 25.9 Å². The lowest BCUT2D eigenvalue weighted by Crippen LogP contribution is -2.68. The van der Waals surface area contributed by atoms with Crippen molar-refractivity contribution in [1.82, 2.24) is 0 Å². The topological polar surface area (TPSA) is 61.8 Å². The standard InChI is InChI=1S/C35H46O5SSi/c1-34(2,3)41-33(37)25-30(24-29(22-23-36)39-26-27-18-20-28(38-7)21-19-27)40-42(35(4,5)6,31-14-10-8-11-15-31)32-16-12-9-13-17-32/h8-21,23,29-30H,22,24-26H2,1-7H3/t29-,30+/m0/s1. The quantitative estimate of drug-likeness (QED) is 0.146. The van der Waals surface area contributed by atoms with E-state index in [2.05, 4.69) is 69.3 Å². The van der Waals surface area contributed by atoms with Crippen LogP contribution in [0.3, 0.4) is 0 Å². The van der Waals surface area contributed by atoms with Crippen LogP contribution in [0.5, 0.6) is 5.75 Å². The Hall–Kier alpha value is -2.71. The molecule has 0 spiro atoms. The van der Waals surface area contributed by atoms with Gasteiger partial charge in [-0.1, -0.05) is 126 Å². The number of carbonyl (C=O) groups is 2. The van der Waals surface area contributed by atoms with Crippen LogP contribution in [0.15, 0.2) is 84.9 Å². The summed E-state index contributed by atoms with van der Waals surface area (Å²) in [6, 6.07) is 28.5. The normalized spacial score (nSPS) is 13.8. The molecule has 0 aromatic heterocycles.